The van der Waals surface area contributed by atoms with E-state index in [1.54, 1.807) is 11.3 Å². The largest absolute Gasteiger partial charge is 0.376 e. The number of aromatic nitrogens is 1. The Morgan fingerprint density at radius 2 is 2.17 bits per heavy atom. The molecule has 0 radical (unpaired) electrons. The van der Waals surface area contributed by atoms with Crippen LogP contribution in [-0.4, -0.2) is 28.9 Å². The summed E-state index contributed by atoms with van der Waals surface area (Å²) in [6.07, 6.45) is 3.70. The van der Waals surface area contributed by atoms with E-state index in [9.17, 15) is 4.79 Å². The van der Waals surface area contributed by atoms with Crippen LogP contribution in [0.1, 0.15) is 48.0 Å². The van der Waals surface area contributed by atoms with E-state index in [2.05, 4.69) is 10.4 Å². The Morgan fingerprint density at radius 3 is 2.92 bits per heavy atom. The van der Waals surface area contributed by atoms with Crippen molar-refractivity contribution in [3.05, 3.63) is 52.0 Å². The number of piperidine rings is 1. The number of thiazole rings is 1. The van der Waals surface area contributed by atoms with E-state index in [4.69, 9.17) is 4.74 Å². The number of benzene rings is 1. The summed E-state index contributed by atoms with van der Waals surface area (Å²) >= 11 is 1.67. The minimum absolute atomic E-state index is 0.152. The molecule has 1 atom stereocenters. The second-order valence-electron chi connectivity index (χ2n) is 6.21. The Morgan fingerprint density at radius 1 is 1.33 bits per heavy atom. The molecule has 1 fully saturated rings. The number of amides is 1. The fraction of sp³-hybridized carbons (Fsp3) is 0.474. The average molecular weight is 344 g/mol. The maximum absolute atomic E-state index is 12.6. The first-order valence-electron chi connectivity index (χ1n) is 8.57. The quantitative estimate of drug-likeness (QED) is 0.741. The van der Waals surface area contributed by atoms with Gasteiger partial charge in [-0.05, 0) is 31.7 Å². The van der Waals surface area contributed by atoms with Crippen molar-refractivity contribution >= 4 is 17.2 Å². The number of rotatable bonds is 6. The standard InChI is InChI=1S/C19H24N2O2S/c1-15-14-24-19(20-15)17-9-5-6-11-21(17)18(22)10-12-23-13-16-7-3-2-4-8-16/h2-4,7-8,14,17H,5-6,9-13H2,1H3/t17-/m0/s1. The van der Waals surface area contributed by atoms with Crippen molar-refractivity contribution in [1.82, 2.24) is 9.88 Å². The summed E-state index contributed by atoms with van der Waals surface area (Å²) in [6, 6.07) is 10.2. The van der Waals surface area contributed by atoms with Crippen molar-refractivity contribution in [2.45, 2.75) is 45.3 Å². The van der Waals surface area contributed by atoms with Gasteiger partial charge in [-0.25, -0.2) is 4.98 Å². The predicted molar refractivity (Wildman–Crippen MR) is 95.9 cm³/mol. The molecule has 0 saturated carbocycles. The lowest BCUT2D eigenvalue weighted by Crippen LogP contribution is -2.38. The lowest BCUT2D eigenvalue weighted by molar-refractivity contribution is -0.136. The Bertz CT molecular complexity index is 656. The van der Waals surface area contributed by atoms with Gasteiger partial charge in [-0.2, -0.15) is 0 Å². The van der Waals surface area contributed by atoms with Crippen LogP contribution in [0.15, 0.2) is 35.7 Å². The van der Waals surface area contributed by atoms with E-state index in [0.29, 0.717) is 19.6 Å². The summed E-state index contributed by atoms with van der Waals surface area (Å²) in [7, 11) is 0. The van der Waals surface area contributed by atoms with E-state index in [0.717, 1.165) is 42.1 Å². The number of ether oxygens (including phenoxy) is 1. The van der Waals surface area contributed by atoms with Gasteiger partial charge in [-0.1, -0.05) is 30.3 Å². The maximum Gasteiger partial charge on any atom is 0.225 e. The molecule has 2 aromatic rings. The van der Waals surface area contributed by atoms with Gasteiger partial charge in [0.15, 0.2) is 0 Å². The zero-order valence-electron chi connectivity index (χ0n) is 14.1. The third-order valence-electron chi connectivity index (χ3n) is 4.32. The van der Waals surface area contributed by atoms with Gasteiger partial charge in [0.1, 0.15) is 5.01 Å². The van der Waals surface area contributed by atoms with Gasteiger partial charge in [-0.3, -0.25) is 4.79 Å². The van der Waals surface area contributed by atoms with Crippen LogP contribution in [0.25, 0.3) is 0 Å². The highest BCUT2D eigenvalue weighted by Crippen LogP contribution is 2.33. The molecule has 3 rings (SSSR count). The minimum atomic E-state index is 0.152. The number of carbonyl (C=O) groups is 1. The van der Waals surface area contributed by atoms with Gasteiger partial charge >= 0.3 is 0 Å². The van der Waals surface area contributed by atoms with Gasteiger partial charge in [0.25, 0.3) is 0 Å². The third-order valence-corrected chi connectivity index (χ3v) is 5.38. The monoisotopic (exact) mass is 344 g/mol. The lowest BCUT2D eigenvalue weighted by Gasteiger charge is -2.34. The lowest BCUT2D eigenvalue weighted by atomic mass is 10.0. The number of hydrogen-bond donors (Lipinski definition) is 0. The number of nitrogens with zero attached hydrogens (tertiary/aromatic N) is 2. The van der Waals surface area contributed by atoms with Crippen molar-refractivity contribution in [3.8, 4) is 0 Å². The first-order valence-corrected chi connectivity index (χ1v) is 9.45. The molecule has 0 unspecified atom stereocenters. The summed E-state index contributed by atoms with van der Waals surface area (Å²) in [5.41, 5.74) is 2.18. The molecule has 1 aromatic heterocycles. The highest BCUT2D eigenvalue weighted by Gasteiger charge is 2.29. The van der Waals surface area contributed by atoms with Crippen molar-refractivity contribution in [3.63, 3.8) is 0 Å². The number of likely N-dealkylation sites (tertiary alicyclic amines) is 1. The normalized spacial score (nSPS) is 17.9. The number of hydrogen-bond acceptors (Lipinski definition) is 4. The van der Waals surface area contributed by atoms with Gasteiger partial charge < -0.3 is 9.64 Å². The summed E-state index contributed by atoms with van der Waals surface area (Å²) in [6.45, 7) is 3.87. The summed E-state index contributed by atoms with van der Waals surface area (Å²) < 4.78 is 5.67. The van der Waals surface area contributed by atoms with Crippen LogP contribution < -0.4 is 0 Å². The van der Waals surface area contributed by atoms with E-state index in [-0.39, 0.29) is 11.9 Å². The topological polar surface area (TPSA) is 42.4 Å². The van der Waals surface area contributed by atoms with Crippen LogP contribution >= 0.6 is 11.3 Å². The predicted octanol–water partition coefficient (Wildman–Crippen LogP) is 4.11. The fourth-order valence-corrected chi connectivity index (χ4v) is 4.02. The molecule has 24 heavy (non-hydrogen) atoms. The van der Waals surface area contributed by atoms with Crippen LogP contribution in [0.2, 0.25) is 0 Å². The minimum Gasteiger partial charge on any atom is -0.376 e. The van der Waals surface area contributed by atoms with Crippen LogP contribution in [0.4, 0.5) is 0 Å². The van der Waals surface area contributed by atoms with Crippen molar-refractivity contribution in [1.29, 1.82) is 0 Å². The Labute approximate surface area is 147 Å². The van der Waals surface area contributed by atoms with Crippen LogP contribution in [0.5, 0.6) is 0 Å². The molecular weight excluding hydrogens is 320 g/mol. The number of aryl methyl sites for hydroxylation is 1. The van der Waals surface area contributed by atoms with Crippen molar-refractivity contribution in [2.24, 2.45) is 0 Å². The van der Waals surface area contributed by atoms with Gasteiger partial charge in [0, 0.05) is 17.6 Å². The zero-order valence-corrected chi connectivity index (χ0v) is 14.9. The van der Waals surface area contributed by atoms with Crippen LogP contribution in [0.3, 0.4) is 0 Å². The van der Waals surface area contributed by atoms with E-state index >= 15 is 0 Å². The smallest absolute Gasteiger partial charge is 0.225 e. The first-order chi connectivity index (χ1) is 11.7. The van der Waals surface area contributed by atoms with E-state index in [1.807, 2.05) is 42.2 Å². The van der Waals surface area contributed by atoms with E-state index < -0.39 is 0 Å². The zero-order chi connectivity index (χ0) is 16.8. The molecule has 2 heterocycles. The molecule has 1 saturated heterocycles. The second kappa shape index (κ2) is 8.40. The molecular formula is C19H24N2O2S. The molecule has 0 N–H and O–H groups in total. The molecule has 1 amide bonds. The highest BCUT2D eigenvalue weighted by atomic mass is 32.1. The molecule has 5 heteroatoms. The SMILES string of the molecule is Cc1csc([C@@H]2CCCCN2C(=O)CCOCc2ccccc2)n1. The molecule has 0 bridgehead atoms. The molecule has 0 aliphatic carbocycles. The highest BCUT2D eigenvalue weighted by molar-refractivity contribution is 7.09. The summed E-state index contributed by atoms with van der Waals surface area (Å²) in [4.78, 5) is 19.2. The van der Waals surface area contributed by atoms with Gasteiger partial charge in [-0.15, -0.1) is 11.3 Å². The first kappa shape index (κ1) is 17.1. The fourth-order valence-electron chi connectivity index (χ4n) is 3.08. The van der Waals surface area contributed by atoms with Crippen LogP contribution in [0, 0.1) is 6.92 Å². The van der Waals surface area contributed by atoms with E-state index in [1.165, 1.54) is 0 Å². The number of carbonyl (C=O) groups excluding carboxylic acids is 1. The van der Waals surface area contributed by atoms with Gasteiger partial charge in [0.2, 0.25) is 5.91 Å². The van der Waals surface area contributed by atoms with Gasteiger partial charge in [0.05, 0.1) is 25.7 Å². The molecule has 1 aliphatic heterocycles. The Kier molecular flexibility index (Phi) is 5.99. The Balaban J connectivity index is 1.51. The van der Waals surface area contributed by atoms with Crippen molar-refractivity contribution in [2.75, 3.05) is 13.2 Å². The van der Waals surface area contributed by atoms with Crippen molar-refractivity contribution < 1.29 is 9.53 Å². The average Bonchev–Trinajstić information content (AvgIpc) is 3.06. The summed E-state index contributed by atoms with van der Waals surface area (Å²) in [5, 5.41) is 3.14. The third kappa shape index (κ3) is 4.42. The molecule has 1 aliphatic rings. The molecule has 0 spiro atoms. The maximum atomic E-state index is 12.6. The Hall–Kier alpha value is -1.72. The molecule has 1 aromatic carbocycles. The van der Waals surface area contributed by atoms with Crippen LogP contribution in [-0.2, 0) is 16.1 Å². The molecule has 128 valence electrons. The molecule has 4 nitrogen and oxygen atoms in total. The summed E-state index contributed by atoms with van der Waals surface area (Å²) in [5.74, 6) is 0.181. The second-order valence-corrected chi connectivity index (χ2v) is 7.10.